The third kappa shape index (κ3) is 7.37. The summed E-state index contributed by atoms with van der Waals surface area (Å²) < 4.78 is 77.7. The molecule has 3 atom stereocenters. The molecule has 1 aliphatic carbocycles. The topological polar surface area (TPSA) is 115 Å². The lowest BCUT2D eigenvalue weighted by Crippen LogP contribution is -2.61. The quantitative estimate of drug-likeness (QED) is 0.332. The molecule has 16 heteroatoms. The van der Waals surface area contributed by atoms with Crippen molar-refractivity contribution in [2.45, 2.75) is 88.9 Å². The van der Waals surface area contributed by atoms with E-state index in [1.54, 1.807) is 18.3 Å². The molecule has 50 heavy (non-hydrogen) atoms. The number of carbonyl (C=O) groups is 1. The second-order valence-electron chi connectivity index (χ2n) is 14.9. The molecule has 5 aliphatic rings. The van der Waals surface area contributed by atoms with Gasteiger partial charge in [-0.1, -0.05) is 0 Å². The van der Waals surface area contributed by atoms with Gasteiger partial charge in [-0.3, -0.25) is 9.35 Å². The number of piperidine rings is 1. The molecule has 274 valence electrons. The number of benzene rings is 1. The average Bonchev–Trinajstić information content (AvgIpc) is 3.02. The normalized spacial score (nSPS) is 26.0. The summed E-state index contributed by atoms with van der Waals surface area (Å²) in [6.07, 6.45) is 6.99. The minimum absolute atomic E-state index is 0.0366. The Hall–Kier alpha value is -2.89. The van der Waals surface area contributed by atoms with Gasteiger partial charge >= 0.3 is 0 Å². The Labute approximate surface area is 293 Å². The molecule has 5 heterocycles. The molecule has 4 aliphatic heterocycles. The highest BCUT2D eigenvalue weighted by atomic mass is 32.2. The van der Waals surface area contributed by atoms with E-state index in [0.29, 0.717) is 18.2 Å². The van der Waals surface area contributed by atoms with Gasteiger partial charge in [0.2, 0.25) is 11.3 Å². The van der Waals surface area contributed by atoms with Gasteiger partial charge in [0.1, 0.15) is 17.9 Å². The number of rotatable bonds is 11. The van der Waals surface area contributed by atoms with Crippen molar-refractivity contribution in [2.75, 3.05) is 57.3 Å². The van der Waals surface area contributed by atoms with Gasteiger partial charge in [-0.2, -0.15) is 0 Å². The van der Waals surface area contributed by atoms with Gasteiger partial charge in [0.25, 0.3) is 11.8 Å². The first kappa shape index (κ1) is 35.5. The number of likely N-dealkylation sites (tertiary alicyclic amines) is 1. The number of nitrogens with zero attached hydrogens (tertiary/aromatic N) is 7. The van der Waals surface area contributed by atoms with Crippen LogP contribution in [0.4, 0.5) is 19.0 Å². The monoisotopic (exact) mass is 721 g/mol. The van der Waals surface area contributed by atoms with Gasteiger partial charge in [0.15, 0.2) is 11.6 Å². The Morgan fingerprint density at radius 2 is 1.86 bits per heavy atom. The molecule has 12 nitrogen and oxygen atoms in total. The van der Waals surface area contributed by atoms with Crippen molar-refractivity contribution in [3.05, 3.63) is 42.1 Å². The van der Waals surface area contributed by atoms with E-state index < -0.39 is 47.8 Å². The number of halogens is 3. The molecule has 1 saturated carbocycles. The van der Waals surface area contributed by atoms with Crippen LogP contribution in [0.15, 0.2) is 30.7 Å². The van der Waals surface area contributed by atoms with Crippen molar-refractivity contribution in [1.29, 1.82) is 0 Å². The number of alkyl halides is 2. The summed E-state index contributed by atoms with van der Waals surface area (Å²) in [6.45, 7) is 9.90. The number of hydrogen-bond acceptors (Lipinski definition) is 9. The molecular formula is C34H46F3N7O5S. The average molecular weight is 722 g/mol. The van der Waals surface area contributed by atoms with Gasteiger partial charge in [-0.05, 0) is 77.2 Å². The minimum Gasteiger partial charge on any atom is -0.451 e. The smallest absolute Gasteiger partial charge is 0.258 e. The molecule has 1 aromatic carbocycles. The Morgan fingerprint density at radius 3 is 2.46 bits per heavy atom. The Morgan fingerprint density at radius 1 is 1.12 bits per heavy atom. The minimum atomic E-state index is -2.81. The second-order valence-corrected chi connectivity index (χ2v) is 15.7. The largest absolute Gasteiger partial charge is 0.451 e. The summed E-state index contributed by atoms with van der Waals surface area (Å²) in [5.41, 5.74) is 0.102. The Kier molecular flexibility index (Phi) is 10.1. The lowest BCUT2D eigenvalue weighted by Gasteiger charge is -2.54. The number of anilines is 1. The van der Waals surface area contributed by atoms with Crippen LogP contribution in [0.2, 0.25) is 0 Å². The van der Waals surface area contributed by atoms with Gasteiger partial charge < -0.3 is 24.2 Å². The summed E-state index contributed by atoms with van der Waals surface area (Å²) >= 11 is -2.04. The van der Waals surface area contributed by atoms with Crippen molar-refractivity contribution in [3.63, 3.8) is 0 Å². The van der Waals surface area contributed by atoms with Gasteiger partial charge in [-0.15, -0.1) is 4.41 Å². The first-order valence-corrected chi connectivity index (χ1v) is 18.7. The van der Waals surface area contributed by atoms with Gasteiger partial charge in [-0.25, -0.2) is 32.4 Å². The van der Waals surface area contributed by atoms with E-state index in [0.717, 1.165) is 84.0 Å². The highest BCUT2D eigenvalue weighted by Gasteiger charge is 2.50. The van der Waals surface area contributed by atoms with Crippen LogP contribution in [0.25, 0.3) is 0 Å². The Balaban J connectivity index is 0.939. The number of ether oxygens (including phenoxy) is 2. The zero-order valence-electron chi connectivity index (χ0n) is 28.6. The zero-order valence-corrected chi connectivity index (χ0v) is 29.4. The van der Waals surface area contributed by atoms with E-state index in [4.69, 9.17) is 9.47 Å². The van der Waals surface area contributed by atoms with Gasteiger partial charge in [0.05, 0.1) is 30.5 Å². The highest BCUT2D eigenvalue weighted by Crippen LogP contribution is 2.46. The second kappa shape index (κ2) is 14.3. The number of carbonyl (C=O) groups excluding carboxylic acids is 1. The van der Waals surface area contributed by atoms with Crippen molar-refractivity contribution in [2.24, 2.45) is 5.41 Å². The summed E-state index contributed by atoms with van der Waals surface area (Å²) in [5.74, 6) is -2.97. The maximum Gasteiger partial charge on any atom is 0.258 e. The van der Waals surface area contributed by atoms with E-state index in [9.17, 15) is 26.7 Å². The zero-order chi connectivity index (χ0) is 35.2. The molecule has 7 rings (SSSR count). The number of hydrogen-bond donors (Lipinski definition) is 1. The molecule has 1 aromatic heterocycles. The van der Waals surface area contributed by atoms with Crippen LogP contribution in [-0.4, -0.2) is 126 Å². The fourth-order valence-electron chi connectivity index (χ4n) is 8.08. The first-order chi connectivity index (χ1) is 23.9. The number of amides is 1. The summed E-state index contributed by atoms with van der Waals surface area (Å²) in [4.78, 5) is 28.3. The fourth-order valence-corrected chi connectivity index (χ4v) is 8.86. The maximum atomic E-state index is 14.5. The predicted molar refractivity (Wildman–Crippen MR) is 180 cm³/mol. The summed E-state index contributed by atoms with van der Waals surface area (Å²) in [5, 5.41) is 1.94. The van der Waals surface area contributed by atoms with Crippen molar-refractivity contribution in [1.82, 2.24) is 29.2 Å². The highest BCUT2D eigenvalue weighted by molar-refractivity contribution is 7.76. The molecule has 1 amide bonds. The van der Waals surface area contributed by atoms with E-state index in [2.05, 4.69) is 19.8 Å². The fraction of sp³-hybridized carbons (Fsp3) is 0.676. The number of aromatic nitrogens is 2. The molecular weight excluding hydrogens is 675 g/mol. The standard InChI is InChI=1S/C34H46F3N7O5S/c1-23(2)43(26-15-34(36,37)16-26)32(45)28-14-24(35)4-7-29(28)49-30-17-38-22-39-31(30)41-20-33(21-41)8-12-40(13-9-33)18-27-6-5-25(19-48-27)44(50(46)47)42-10-3-11-42/h4,7,14,17,22-23,25-27H,3,5-6,8-13,15-16,18-21H2,1-2H3,(H,46,47)/t25-,27+/m1/s1. The predicted octanol–water partition coefficient (Wildman–Crippen LogP) is 4.57. The Bertz CT molecular complexity index is 1550. The van der Waals surface area contributed by atoms with Crippen LogP contribution in [0.3, 0.4) is 0 Å². The van der Waals surface area contributed by atoms with Crippen molar-refractivity contribution in [3.8, 4) is 11.5 Å². The van der Waals surface area contributed by atoms with E-state index in [1.807, 2.05) is 5.01 Å². The van der Waals surface area contributed by atoms with E-state index in [-0.39, 0.29) is 34.9 Å². The molecule has 1 spiro atoms. The van der Waals surface area contributed by atoms with Crippen LogP contribution in [0.1, 0.15) is 69.2 Å². The SMILES string of the molecule is CC(C)N(C(=O)c1cc(F)ccc1Oc1cncnc1N1CC2(CCN(C[C@@H]3CC[C@@H](N(N4CCC4)S(=O)O)CO3)CC2)C1)C1CC(F)(F)C1. The summed E-state index contributed by atoms with van der Waals surface area (Å²) in [6, 6.07) is 2.60. The molecule has 1 N–H and O–H groups in total. The third-order valence-corrected chi connectivity index (χ3v) is 11.8. The molecule has 0 radical (unpaired) electrons. The van der Waals surface area contributed by atoms with Crippen LogP contribution in [-0.2, 0) is 16.0 Å². The van der Waals surface area contributed by atoms with Crippen LogP contribution in [0.5, 0.6) is 11.5 Å². The van der Waals surface area contributed by atoms with E-state index in [1.165, 1.54) is 29.6 Å². The number of hydrazine groups is 1. The molecule has 0 bridgehead atoms. The molecule has 2 aromatic rings. The van der Waals surface area contributed by atoms with Crippen LogP contribution >= 0.6 is 0 Å². The van der Waals surface area contributed by atoms with Crippen LogP contribution in [0, 0.1) is 11.2 Å². The lowest BCUT2D eigenvalue weighted by atomic mass is 9.72. The lowest BCUT2D eigenvalue weighted by molar-refractivity contribution is -0.120. The van der Waals surface area contributed by atoms with E-state index >= 15 is 0 Å². The first-order valence-electron chi connectivity index (χ1n) is 17.6. The van der Waals surface area contributed by atoms with Crippen LogP contribution < -0.4 is 9.64 Å². The molecule has 1 unspecified atom stereocenters. The molecule has 5 fully saturated rings. The molecule has 4 saturated heterocycles. The third-order valence-electron chi connectivity index (χ3n) is 11.0. The van der Waals surface area contributed by atoms with Crippen molar-refractivity contribution < 1.29 is 36.2 Å². The van der Waals surface area contributed by atoms with Crippen molar-refractivity contribution >= 4 is 23.0 Å². The van der Waals surface area contributed by atoms with Gasteiger partial charge in [0, 0.05) is 63.1 Å². The maximum absolute atomic E-state index is 14.5. The summed E-state index contributed by atoms with van der Waals surface area (Å²) in [7, 11) is 0.